The lowest BCUT2D eigenvalue weighted by Crippen LogP contribution is -2.40. The third-order valence-electron chi connectivity index (χ3n) is 3.38. The normalized spacial score (nSPS) is 21.1. The first kappa shape index (κ1) is 14.3. The molecule has 1 rings (SSSR count). The van der Waals surface area contributed by atoms with E-state index in [1.165, 1.54) is 25.8 Å². The highest BCUT2D eigenvalue weighted by molar-refractivity contribution is 5.79. The minimum absolute atomic E-state index is 0.737. The molecule has 0 aromatic rings. The molecule has 0 amide bonds. The molecule has 0 aromatic carbocycles. The average Bonchev–Trinajstić information content (AvgIpc) is 2.25. The molecule has 1 atom stereocenters. The van der Waals surface area contributed by atoms with Crippen LogP contribution in [0.3, 0.4) is 0 Å². The molecule has 0 aliphatic carbocycles. The number of hydrogen-bond donors (Lipinski definition) is 0. The number of piperidine rings is 1. The summed E-state index contributed by atoms with van der Waals surface area (Å²) in [5.41, 5.74) is 0. The second-order valence-corrected chi connectivity index (χ2v) is 5.35. The summed E-state index contributed by atoms with van der Waals surface area (Å²) in [6, 6.07) is 0.737. The molecule has 1 heterocycles. The van der Waals surface area contributed by atoms with Crippen LogP contribution in [-0.2, 0) is 0 Å². The van der Waals surface area contributed by atoms with Crippen LogP contribution in [0.5, 0.6) is 0 Å². The van der Waals surface area contributed by atoms with Gasteiger partial charge in [0.1, 0.15) is 0 Å². The Bertz CT molecular complexity index is 238. The van der Waals surface area contributed by atoms with Gasteiger partial charge in [-0.15, -0.1) is 0 Å². The van der Waals surface area contributed by atoms with E-state index in [-0.39, 0.29) is 0 Å². The molecule has 0 radical (unpaired) electrons. The van der Waals surface area contributed by atoms with Crippen molar-refractivity contribution in [2.24, 2.45) is 4.99 Å². The van der Waals surface area contributed by atoms with E-state index in [0.717, 1.165) is 25.1 Å². The van der Waals surface area contributed by atoms with Gasteiger partial charge in [-0.1, -0.05) is 6.42 Å². The molecule has 1 saturated heterocycles. The van der Waals surface area contributed by atoms with E-state index in [2.05, 4.69) is 26.6 Å². The molecule has 100 valence electrons. The Hall–Kier alpha value is -0.770. The van der Waals surface area contributed by atoms with E-state index < -0.39 is 0 Å². The van der Waals surface area contributed by atoms with Crippen molar-refractivity contribution in [3.8, 4) is 0 Å². The van der Waals surface area contributed by atoms with Crippen LogP contribution in [0.2, 0.25) is 0 Å². The summed E-state index contributed by atoms with van der Waals surface area (Å²) < 4.78 is 0. The van der Waals surface area contributed by atoms with Gasteiger partial charge in [0, 0.05) is 40.8 Å². The molecule has 1 aliphatic rings. The van der Waals surface area contributed by atoms with Gasteiger partial charge in [0.15, 0.2) is 5.96 Å². The zero-order valence-electron chi connectivity index (χ0n) is 12.1. The van der Waals surface area contributed by atoms with Crippen LogP contribution < -0.4 is 0 Å². The molecule has 0 saturated carbocycles. The Morgan fingerprint density at radius 3 is 2.35 bits per heavy atom. The smallest absolute Gasteiger partial charge is 0.195 e. The maximum Gasteiger partial charge on any atom is 0.195 e. The SMILES string of the molecule is CC1CCCCN1CCN=C(N(C)C)N(C)C. The number of likely N-dealkylation sites (tertiary alicyclic amines) is 1. The third-order valence-corrected chi connectivity index (χ3v) is 3.38. The molecule has 17 heavy (non-hydrogen) atoms. The molecule has 4 heteroatoms. The monoisotopic (exact) mass is 240 g/mol. The highest BCUT2D eigenvalue weighted by Crippen LogP contribution is 2.15. The Balaban J connectivity index is 2.41. The van der Waals surface area contributed by atoms with Crippen LogP contribution in [0.25, 0.3) is 0 Å². The van der Waals surface area contributed by atoms with E-state index in [9.17, 15) is 0 Å². The molecule has 0 aromatic heterocycles. The van der Waals surface area contributed by atoms with E-state index in [1.54, 1.807) is 0 Å². The van der Waals surface area contributed by atoms with Gasteiger partial charge in [-0.05, 0) is 26.3 Å². The van der Waals surface area contributed by atoms with Crippen molar-refractivity contribution in [1.29, 1.82) is 0 Å². The summed E-state index contributed by atoms with van der Waals surface area (Å²) >= 11 is 0. The summed E-state index contributed by atoms with van der Waals surface area (Å²) in [5, 5.41) is 0. The van der Waals surface area contributed by atoms with Crippen LogP contribution in [-0.4, -0.2) is 74.5 Å². The highest BCUT2D eigenvalue weighted by Gasteiger charge is 2.17. The van der Waals surface area contributed by atoms with Gasteiger partial charge in [0.25, 0.3) is 0 Å². The first-order chi connectivity index (χ1) is 8.02. The zero-order chi connectivity index (χ0) is 12.8. The number of guanidine groups is 1. The van der Waals surface area contributed by atoms with E-state index in [4.69, 9.17) is 0 Å². The van der Waals surface area contributed by atoms with Gasteiger partial charge in [-0.3, -0.25) is 9.89 Å². The first-order valence-electron chi connectivity index (χ1n) is 6.65. The Labute approximate surface area is 106 Å². The molecule has 1 aliphatic heterocycles. The molecular formula is C13H28N4. The number of rotatable bonds is 3. The fourth-order valence-corrected chi connectivity index (χ4v) is 2.45. The topological polar surface area (TPSA) is 22.1 Å². The quantitative estimate of drug-likeness (QED) is 0.549. The van der Waals surface area contributed by atoms with E-state index in [0.29, 0.717) is 0 Å². The van der Waals surface area contributed by atoms with Crippen LogP contribution in [0, 0.1) is 0 Å². The molecule has 0 spiro atoms. The minimum atomic E-state index is 0.737. The lowest BCUT2D eigenvalue weighted by molar-refractivity contribution is 0.165. The summed E-state index contributed by atoms with van der Waals surface area (Å²) in [4.78, 5) is 11.4. The lowest BCUT2D eigenvalue weighted by atomic mass is 10.0. The van der Waals surface area contributed by atoms with E-state index >= 15 is 0 Å². The highest BCUT2D eigenvalue weighted by atomic mass is 15.3. The summed E-state index contributed by atoms with van der Waals surface area (Å²) in [7, 11) is 8.18. The standard InChI is InChI=1S/C13H28N4/c1-12-8-6-7-10-17(12)11-9-14-13(15(2)3)16(4)5/h12H,6-11H2,1-5H3. The van der Waals surface area contributed by atoms with Crippen molar-refractivity contribution in [3.63, 3.8) is 0 Å². The number of nitrogens with zero attached hydrogens (tertiary/aromatic N) is 4. The second-order valence-electron chi connectivity index (χ2n) is 5.35. The third kappa shape index (κ3) is 4.54. The minimum Gasteiger partial charge on any atom is -0.349 e. The van der Waals surface area contributed by atoms with Crippen LogP contribution >= 0.6 is 0 Å². The van der Waals surface area contributed by atoms with Crippen LogP contribution in [0.15, 0.2) is 4.99 Å². The molecule has 1 fully saturated rings. The van der Waals surface area contributed by atoms with Gasteiger partial charge < -0.3 is 9.80 Å². The van der Waals surface area contributed by atoms with Crippen LogP contribution in [0.4, 0.5) is 0 Å². The Morgan fingerprint density at radius 1 is 1.18 bits per heavy atom. The molecule has 0 N–H and O–H groups in total. The van der Waals surface area contributed by atoms with E-state index in [1.807, 2.05) is 28.2 Å². The van der Waals surface area contributed by atoms with Crippen molar-refractivity contribution in [3.05, 3.63) is 0 Å². The van der Waals surface area contributed by atoms with Crippen molar-refractivity contribution >= 4 is 5.96 Å². The fourth-order valence-electron chi connectivity index (χ4n) is 2.45. The molecular weight excluding hydrogens is 212 g/mol. The molecule has 1 unspecified atom stereocenters. The lowest BCUT2D eigenvalue weighted by Gasteiger charge is -2.33. The molecule has 4 nitrogen and oxygen atoms in total. The number of hydrogen-bond acceptors (Lipinski definition) is 2. The summed E-state index contributed by atoms with van der Waals surface area (Å²) in [5.74, 6) is 1.05. The number of aliphatic imine (C=N–C) groups is 1. The Kier molecular flexibility index (Phi) is 5.75. The summed E-state index contributed by atoms with van der Waals surface area (Å²) in [6.07, 6.45) is 4.09. The van der Waals surface area contributed by atoms with Gasteiger partial charge >= 0.3 is 0 Å². The van der Waals surface area contributed by atoms with Gasteiger partial charge in [0.05, 0.1) is 6.54 Å². The zero-order valence-corrected chi connectivity index (χ0v) is 12.1. The predicted molar refractivity (Wildman–Crippen MR) is 74.6 cm³/mol. The van der Waals surface area contributed by atoms with Crippen LogP contribution in [0.1, 0.15) is 26.2 Å². The van der Waals surface area contributed by atoms with Crippen molar-refractivity contribution in [1.82, 2.24) is 14.7 Å². The fraction of sp³-hybridized carbons (Fsp3) is 0.923. The largest absolute Gasteiger partial charge is 0.349 e. The van der Waals surface area contributed by atoms with Gasteiger partial charge in [-0.25, -0.2) is 0 Å². The maximum absolute atomic E-state index is 4.68. The Morgan fingerprint density at radius 2 is 1.82 bits per heavy atom. The van der Waals surface area contributed by atoms with Gasteiger partial charge in [-0.2, -0.15) is 0 Å². The van der Waals surface area contributed by atoms with Crippen molar-refractivity contribution in [2.45, 2.75) is 32.2 Å². The summed E-state index contributed by atoms with van der Waals surface area (Å²) in [6.45, 7) is 5.57. The first-order valence-corrected chi connectivity index (χ1v) is 6.65. The molecule has 0 bridgehead atoms. The predicted octanol–water partition coefficient (Wildman–Crippen LogP) is 1.34. The maximum atomic E-state index is 4.68. The van der Waals surface area contributed by atoms with Crippen molar-refractivity contribution in [2.75, 3.05) is 47.8 Å². The van der Waals surface area contributed by atoms with Gasteiger partial charge in [0.2, 0.25) is 0 Å². The second kappa shape index (κ2) is 6.84. The average molecular weight is 240 g/mol. The van der Waals surface area contributed by atoms with Crippen molar-refractivity contribution < 1.29 is 0 Å².